The van der Waals surface area contributed by atoms with Crippen molar-refractivity contribution in [3.05, 3.63) is 23.8 Å². The van der Waals surface area contributed by atoms with Gasteiger partial charge in [0.2, 0.25) is 6.79 Å². The Balaban J connectivity index is 1.61. The van der Waals surface area contributed by atoms with Crippen LogP contribution in [0.4, 0.5) is 0 Å². The highest BCUT2D eigenvalue weighted by Gasteiger charge is 2.28. The molecule has 0 aromatic heterocycles. The molecule has 5 nitrogen and oxygen atoms in total. The standard InChI is InChI=1S/C15H19NO4/c1-15(4-6-18-7-5-15)9-16-14(17)11-2-3-12-13(8-11)20-10-19-12/h2-3,8H,4-7,9-10H2,1H3,(H,16,17). The number of nitrogens with one attached hydrogen (secondary N) is 1. The van der Waals surface area contributed by atoms with Gasteiger partial charge in [-0.3, -0.25) is 4.79 Å². The predicted octanol–water partition coefficient (Wildman–Crippen LogP) is 1.96. The molecule has 1 saturated heterocycles. The number of amides is 1. The lowest BCUT2D eigenvalue weighted by Crippen LogP contribution is -2.39. The van der Waals surface area contributed by atoms with E-state index in [9.17, 15) is 4.79 Å². The average molecular weight is 277 g/mol. The Bertz CT molecular complexity index is 509. The van der Waals surface area contributed by atoms with Gasteiger partial charge in [-0.05, 0) is 36.5 Å². The number of hydrogen-bond acceptors (Lipinski definition) is 4. The highest BCUT2D eigenvalue weighted by Crippen LogP contribution is 2.33. The second-order valence-electron chi connectivity index (χ2n) is 5.67. The Morgan fingerprint density at radius 2 is 2.00 bits per heavy atom. The molecule has 0 aliphatic carbocycles. The van der Waals surface area contributed by atoms with Crippen LogP contribution < -0.4 is 14.8 Å². The number of ether oxygens (including phenoxy) is 3. The zero-order valence-corrected chi connectivity index (χ0v) is 11.6. The van der Waals surface area contributed by atoms with Crippen LogP contribution in [-0.4, -0.2) is 32.5 Å². The molecule has 2 heterocycles. The Morgan fingerprint density at radius 3 is 2.80 bits per heavy atom. The van der Waals surface area contributed by atoms with Gasteiger partial charge < -0.3 is 19.5 Å². The summed E-state index contributed by atoms with van der Waals surface area (Å²) < 4.78 is 15.9. The Labute approximate surface area is 118 Å². The lowest BCUT2D eigenvalue weighted by molar-refractivity contribution is 0.0238. The lowest BCUT2D eigenvalue weighted by Gasteiger charge is -2.33. The maximum Gasteiger partial charge on any atom is 0.251 e. The smallest absolute Gasteiger partial charge is 0.251 e. The Morgan fingerprint density at radius 1 is 1.25 bits per heavy atom. The van der Waals surface area contributed by atoms with Crippen LogP contribution in [0.15, 0.2) is 18.2 Å². The first kappa shape index (κ1) is 13.2. The second-order valence-corrected chi connectivity index (χ2v) is 5.67. The molecule has 3 rings (SSSR count). The van der Waals surface area contributed by atoms with Gasteiger partial charge >= 0.3 is 0 Å². The third-order valence-electron chi connectivity index (χ3n) is 4.01. The van der Waals surface area contributed by atoms with E-state index in [-0.39, 0.29) is 18.1 Å². The van der Waals surface area contributed by atoms with Gasteiger partial charge in [0.15, 0.2) is 11.5 Å². The summed E-state index contributed by atoms with van der Waals surface area (Å²) in [5, 5.41) is 3.01. The number of rotatable bonds is 3. The van der Waals surface area contributed by atoms with Crippen molar-refractivity contribution in [2.75, 3.05) is 26.6 Å². The zero-order valence-electron chi connectivity index (χ0n) is 11.6. The fraction of sp³-hybridized carbons (Fsp3) is 0.533. The molecule has 0 spiro atoms. The van der Waals surface area contributed by atoms with Crippen LogP contribution in [0, 0.1) is 5.41 Å². The molecule has 20 heavy (non-hydrogen) atoms. The van der Waals surface area contributed by atoms with E-state index in [0.717, 1.165) is 26.1 Å². The van der Waals surface area contributed by atoms with Crippen molar-refractivity contribution in [3.8, 4) is 11.5 Å². The molecule has 0 bridgehead atoms. The number of fused-ring (bicyclic) bond motifs is 1. The molecule has 1 N–H and O–H groups in total. The van der Waals surface area contributed by atoms with Crippen molar-refractivity contribution in [1.29, 1.82) is 0 Å². The Kier molecular flexibility index (Phi) is 3.53. The molecular weight excluding hydrogens is 258 g/mol. The van der Waals surface area contributed by atoms with Crippen LogP contribution in [0.5, 0.6) is 11.5 Å². The van der Waals surface area contributed by atoms with E-state index in [1.54, 1.807) is 18.2 Å². The number of hydrogen-bond donors (Lipinski definition) is 1. The van der Waals surface area contributed by atoms with E-state index >= 15 is 0 Å². The minimum absolute atomic E-state index is 0.0731. The SMILES string of the molecule is CC1(CNC(=O)c2ccc3c(c2)OCO3)CCOCC1. The normalized spacial score (nSPS) is 19.6. The monoisotopic (exact) mass is 277 g/mol. The summed E-state index contributed by atoms with van der Waals surface area (Å²) in [5.74, 6) is 1.25. The minimum atomic E-state index is -0.0731. The Hall–Kier alpha value is -1.75. The maximum atomic E-state index is 12.2. The number of benzene rings is 1. The molecule has 0 unspecified atom stereocenters. The van der Waals surface area contributed by atoms with Gasteiger partial charge in [-0.25, -0.2) is 0 Å². The van der Waals surface area contributed by atoms with Crippen LogP contribution in [0.25, 0.3) is 0 Å². The topological polar surface area (TPSA) is 56.8 Å². The fourth-order valence-electron chi connectivity index (χ4n) is 2.47. The van der Waals surface area contributed by atoms with Gasteiger partial charge in [0, 0.05) is 25.3 Å². The second kappa shape index (κ2) is 5.32. The zero-order chi connectivity index (χ0) is 14.0. The molecule has 2 aliphatic rings. The molecule has 1 aromatic carbocycles. The van der Waals surface area contributed by atoms with Crippen molar-refractivity contribution < 1.29 is 19.0 Å². The maximum absolute atomic E-state index is 12.2. The van der Waals surface area contributed by atoms with Gasteiger partial charge in [0.25, 0.3) is 5.91 Å². The highest BCUT2D eigenvalue weighted by atomic mass is 16.7. The van der Waals surface area contributed by atoms with Crippen LogP contribution in [0.1, 0.15) is 30.1 Å². The third-order valence-corrected chi connectivity index (χ3v) is 4.01. The van der Waals surface area contributed by atoms with Crippen molar-refractivity contribution in [2.45, 2.75) is 19.8 Å². The van der Waals surface area contributed by atoms with Gasteiger partial charge in [-0.1, -0.05) is 6.92 Å². The van der Waals surface area contributed by atoms with E-state index in [4.69, 9.17) is 14.2 Å². The minimum Gasteiger partial charge on any atom is -0.454 e. The molecular formula is C15H19NO4. The van der Waals surface area contributed by atoms with Gasteiger partial charge in [0.05, 0.1) is 0 Å². The van der Waals surface area contributed by atoms with E-state index in [1.807, 2.05) is 0 Å². The van der Waals surface area contributed by atoms with Crippen LogP contribution in [0.3, 0.4) is 0 Å². The quantitative estimate of drug-likeness (QED) is 0.917. The third kappa shape index (κ3) is 2.72. The molecule has 1 fully saturated rings. The van der Waals surface area contributed by atoms with Crippen molar-refractivity contribution in [2.24, 2.45) is 5.41 Å². The number of carbonyl (C=O) groups excluding carboxylic acids is 1. The predicted molar refractivity (Wildman–Crippen MR) is 73.1 cm³/mol. The summed E-state index contributed by atoms with van der Waals surface area (Å²) in [7, 11) is 0. The largest absolute Gasteiger partial charge is 0.454 e. The molecule has 5 heteroatoms. The van der Waals surface area contributed by atoms with E-state index in [0.29, 0.717) is 23.6 Å². The van der Waals surface area contributed by atoms with Crippen LogP contribution >= 0.6 is 0 Å². The fourth-order valence-corrected chi connectivity index (χ4v) is 2.47. The molecule has 108 valence electrons. The molecule has 2 aliphatic heterocycles. The first-order valence-electron chi connectivity index (χ1n) is 6.92. The molecule has 0 radical (unpaired) electrons. The summed E-state index contributed by atoms with van der Waals surface area (Å²) >= 11 is 0. The van der Waals surface area contributed by atoms with Crippen molar-refractivity contribution >= 4 is 5.91 Å². The van der Waals surface area contributed by atoms with E-state index in [1.165, 1.54) is 0 Å². The summed E-state index contributed by atoms with van der Waals surface area (Å²) in [6.45, 7) is 4.63. The van der Waals surface area contributed by atoms with E-state index < -0.39 is 0 Å². The molecule has 1 amide bonds. The van der Waals surface area contributed by atoms with Crippen molar-refractivity contribution in [1.82, 2.24) is 5.32 Å². The lowest BCUT2D eigenvalue weighted by atomic mass is 9.82. The first-order valence-corrected chi connectivity index (χ1v) is 6.92. The van der Waals surface area contributed by atoms with Gasteiger partial charge in [0.1, 0.15) is 0 Å². The van der Waals surface area contributed by atoms with Gasteiger partial charge in [-0.15, -0.1) is 0 Å². The first-order chi connectivity index (χ1) is 9.66. The van der Waals surface area contributed by atoms with Crippen LogP contribution in [0.2, 0.25) is 0 Å². The summed E-state index contributed by atoms with van der Waals surface area (Å²) in [4.78, 5) is 12.2. The van der Waals surface area contributed by atoms with Crippen molar-refractivity contribution in [3.63, 3.8) is 0 Å². The highest BCUT2D eigenvalue weighted by molar-refractivity contribution is 5.94. The van der Waals surface area contributed by atoms with Gasteiger partial charge in [-0.2, -0.15) is 0 Å². The van der Waals surface area contributed by atoms with E-state index in [2.05, 4.69) is 12.2 Å². The summed E-state index contributed by atoms with van der Waals surface area (Å²) in [6.07, 6.45) is 1.96. The molecule has 0 saturated carbocycles. The molecule has 1 aromatic rings. The molecule has 0 atom stereocenters. The van der Waals surface area contributed by atoms with Crippen LogP contribution in [-0.2, 0) is 4.74 Å². The number of carbonyl (C=O) groups is 1. The average Bonchev–Trinajstić information content (AvgIpc) is 2.93. The summed E-state index contributed by atoms with van der Waals surface area (Å²) in [5.41, 5.74) is 0.731. The summed E-state index contributed by atoms with van der Waals surface area (Å²) in [6, 6.07) is 5.26.